The molecule has 2 aliphatic rings. The van der Waals surface area contributed by atoms with Crippen LogP contribution in [0.3, 0.4) is 0 Å². The monoisotopic (exact) mass is 344 g/mol. The van der Waals surface area contributed by atoms with Crippen LogP contribution in [0.2, 0.25) is 0 Å². The lowest BCUT2D eigenvalue weighted by molar-refractivity contribution is -0.172. The number of nitrogens with zero attached hydrogens (tertiary/aromatic N) is 4. The van der Waals surface area contributed by atoms with E-state index in [4.69, 9.17) is 9.47 Å². The van der Waals surface area contributed by atoms with Crippen LogP contribution in [0.15, 0.2) is 0 Å². The molecule has 2 unspecified atom stereocenters. The van der Waals surface area contributed by atoms with Crippen molar-refractivity contribution >= 4 is 24.1 Å². The third-order valence-electron chi connectivity index (χ3n) is 3.58. The van der Waals surface area contributed by atoms with Crippen molar-refractivity contribution in [2.45, 2.75) is 26.1 Å². The molecule has 0 aromatic heterocycles. The molecule has 2 aliphatic heterocycles. The maximum atomic E-state index is 12.5. The predicted molar refractivity (Wildman–Crippen MR) is 77.5 cm³/mol. The fraction of sp³-hybridized carbons (Fsp3) is 0.667. The van der Waals surface area contributed by atoms with Gasteiger partial charge < -0.3 is 14.4 Å². The van der Waals surface area contributed by atoms with Gasteiger partial charge in [-0.25, -0.2) is 19.8 Å². The summed E-state index contributed by atoms with van der Waals surface area (Å²) >= 11 is 0. The summed E-state index contributed by atoms with van der Waals surface area (Å²) in [6.45, 7) is 3.28. The Morgan fingerprint density at radius 3 is 2.25 bits per heavy atom. The SMILES string of the molecule is CCOC(=O)N1NNC2C(C(=O)N(C)C(=O)N2C)N1C(=O)OCC. The molecule has 0 aromatic carbocycles. The Morgan fingerprint density at radius 2 is 1.67 bits per heavy atom. The van der Waals surface area contributed by atoms with Gasteiger partial charge in [-0.05, 0) is 13.8 Å². The minimum Gasteiger partial charge on any atom is -0.448 e. The minimum absolute atomic E-state index is 0.0373. The van der Waals surface area contributed by atoms with Crippen molar-refractivity contribution in [2.24, 2.45) is 0 Å². The lowest BCUT2D eigenvalue weighted by atomic mass is 10.1. The molecule has 0 radical (unpaired) electrons. The van der Waals surface area contributed by atoms with Gasteiger partial charge in [0.15, 0.2) is 6.04 Å². The van der Waals surface area contributed by atoms with Crippen molar-refractivity contribution in [1.82, 2.24) is 30.9 Å². The van der Waals surface area contributed by atoms with Crippen LogP contribution in [0.4, 0.5) is 14.4 Å². The van der Waals surface area contributed by atoms with Gasteiger partial charge in [0.25, 0.3) is 5.91 Å². The zero-order valence-corrected chi connectivity index (χ0v) is 13.8. The highest BCUT2D eigenvalue weighted by atomic mass is 16.6. The Hall–Kier alpha value is -2.60. The number of hydrogen-bond donors (Lipinski definition) is 2. The zero-order valence-electron chi connectivity index (χ0n) is 13.8. The third-order valence-corrected chi connectivity index (χ3v) is 3.58. The number of ether oxygens (including phenoxy) is 2. The topological polar surface area (TPSA) is 124 Å². The maximum Gasteiger partial charge on any atom is 0.445 e. The van der Waals surface area contributed by atoms with Gasteiger partial charge in [0.05, 0.1) is 13.2 Å². The summed E-state index contributed by atoms with van der Waals surface area (Å²) in [5.74, 6) is -0.667. The van der Waals surface area contributed by atoms with Crippen molar-refractivity contribution in [3.8, 4) is 0 Å². The molecule has 12 heteroatoms. The van der Waals surface area contributed by atoms with Crippen LogP contribution >= 0.6 is 0 Å². The Kier molecular flexibility index (Phi) is 5.09. The average Bonchev–Trinajstić information content (AvgIpc) is 2.57. The van der Waals surface area contributed by atoms with E-state index in [0.29, 0.717) is 5.12 Å². The highest BCUT2D eigenvalue weighted by Crippen LogP contribution is 2.23. The van der Waals surface area contributed by atoms with E-state index in [2.05, 4.69) is 11.0 Å². The second kappa shape index (κ2) is 6.88. The number of nitrogens with one attached hydrogen (secondary N) is 2. The molecule has 5 amide bonds. The van der Waals surface area contributed by atoms with Crippen molar-refractivity contribution < 1.29 is 28.7 Å². The smallest absolute Gasteiger partial charge is 0.445 e. The summed E-state index contributed by atoms with van der Waals surface area (Å²) in [4.78, 5) is 51.1. The summed E-state index contributed by atoms with van der Waals surface area (Å²) in [6.07, 6.45) is -2.73. The van der Waals surface area contributed by atoms with E-state index in [0.717, 1.165) is 9.91 Å². The number of imide groups is 1. The highest BCUT2D eigenvalue weighted by molar-refractivity contribution is 6.01. The molecule has 0 aromatic rings. The van der Waals surface area contributed by atoms with Crippen molar-refractivity contribution in [1.29, 1.82) is 0 Å². The molecule has 0 spiro atoms. The summed E-state index contributed by atoms with van der Waals surface area (Å²) in [7, 11) is 2.75. The summed E-state index contributed by atoms with van der Waals surface area (Å²) in [6, 6.07) is -1.76. The standard InChI is InChI=1S/C12H20N6O6/c1-5-23-11(21)17-7-8(13-14-18(17)12(22)24-6-2)15(3)10(20)16(4)9(7)19/h7-8,13-14H,5-6H2,1-4H3. The molecule has 0 saturated carbocycles. The van der Waals surface area contributed by atoms with Crippen molar-refractivity contribution in [3.05, 3.63) is 0 Å². The molecule has 0 bridgehead atoms. The van der Waals surface area contributed by atoms with Gasteiger partial charge in [-0.2, -0.15) is 5.01 Å². The number of rotatable bonds is 2. The van der Waals surface area contributed by atoms with E-state index in [-0.39, 0.29) is 13.2 Å². The maximum absolute atomic E-state index is 12.5. The molecular weight excluding hydrogens is 324 g/mol. The van der Waals surface area contributed by atoms with E-state index >= 15 is 0 Å². The van der Waals surface area contributed by atoms with Gasteiger partial charge in [-0.1, -0.05) is 0 Å². The number of hydrogen-bond acceptors (Lipinski definition) is 8. The van der Waals surface area contributed by atoms with E-state index in [1.54, 1.807) is 13.8 Å². The van der Waals surface area contributed by atoms with Gasteiger partial charge in [-0.3, -0.25) is 9.69 Å². The Balaban J connectivity index is 2.40. The zero-order chi connectivity index (χ0) is 18.0. The first-order chi connectivity index (χ1) is 11.3. The first kappa shape index (κ1) is 17.7. The van der Waals surface area contributed by atoms with Gasteiger partial charge >= 0.3 is 18.2 Å². The number of hydrazine groups is 3. The van der Waals surface area contributed by atoms with Crippen LogP contribution < -0.4 is 11.0 Å². The van der Waals surface area contributed by atoms with E-state index in [1.807, 2.05) is 0 Å². The molecule has 0 aliphatic carbocycles. The first-order valence-electron chi connectivity index (χ1n) is 7.33. The van der Waals surface area contributed by atoms with Gasteiger partial charge in [-0.15, -0.1) is 10.7 Å². The van der Waals surface area contributed by atoms with Crippen LogP contribution in [0.1, 0.15) is 13.8 Å². The number of amides is 5. The van der Waals surface area contributed by atoms with Crippen LogP contribution in [-0.2, 0) is 14.3 Å². The summed E-state index contributed by atoms with van der Waals surface area (Å²) in [5, 5.41) is 1.50. The number of carbonyl (C=O) groups excluding carboxylic acids is 4. The van der Waals surface area contributed by atoms with Gasteiger partial charge in [0.1, 0.15) is 6.17 Å². The average molecular weight is 344 g/mol. The van der Waals surface area contributed by atoms with Crippen LogP contribution in [0.5, 0.6) is 0 Å². The van der Waals surface area contributed by atoms with E-state index in [1.165, 1.54) is 19.0 Å². The Bertz CT molecular complexity index is 556. The fourth-order valence-corrected chi connectivity index (χ4v) is 2.42. The quantitative estimate of drug-likeness (QED) is 0.658. The molecule has 2 atom stereocenters. The normalized spacial score (nSPS) is 24.0. The fourth-order valence-electron chi connectivity index (χ4n) is 2.42. The molecule has 2 saturated heterocycles. The molecule has 2 rings (SSSR count). The highest BCUT2D eigenvalue weighted by Gasteiger charge is 2.54. The molecule has 2 N–H and O–H groups in total. The van der Waals surface area contributed by atoms with Crippen LogP contribution in [0.25, 0.3) is 0 Å². The van der Waals surface area contributed by atoms with E-state index in [9.17, 15) is 19.2 Å². The second-order valence-electron chi connectivity index (χ2n) is 4.99. The molecule has 134 valence electrons. The van der Waals surface area contributed by atoms with Crippen LogP contribution in [0, 0.1) is 0 Å². The number of carbonyl (C=O) groups is 4. The molecule has 2 heterocycles. The lowest BCUT2D eigenvalue weighted by Crippen LogP contribution is -2.82. The number of likely N-dealkylation sites (N-methyl/N-ethyl adjacent to an activating group) is 2. The molecule has 2 fully saturated rings. The second-order valence-corrected chi connectivity index (χ2v) is 4.99. The summed E-state index contributed by atoms with van der Waals surface area (Å²) in [5.41, 5.74) is 5.10. The first-order valence-corrected chi connectivity index (χ1v) is 7.33. The van der Waals surface area contributed by atoms with E-state index < -0.39 is 36.3 Å². The number of urea groups is 1. The van der Waals surface area contributed by atoms with Crippen LogP contribution in [-0.4, -0.2) is 83.6 Å². The molecule has 12 nitrogen and oxygen atoms in total. The number of fused-ring (bicyclic) bond motifs is 1. The van der Waals surface area contributed by atoms with Crippen molar-refractivity contribution in [2.75, 3.05) is 27.3 Å². The van der Waals surface area contributed by atoms with Crippen molar-refractivity contribution in [3.63, 3.8) is 0 Å². The molecular formula is C12H20N6O6. The third kappa shape index (κ3) is 2.80. The lowest BCUT2D eigenvalue weighted by Gasteiger charge is -2.51. The Morgan fingerprint density at radius 1 is 1.08 bits per heavy atom. The Labute approximate surface area is 138 Å². The molecule has 24 heavy (non-hydrogen) atoms. The predicted octanol–water partition coefficient (Wildman–Crippen LogP) is -0.940. The van der Waals surface area contributed by atoms with Gasteiger partial charge in [0, 0.05) is 14.1 Å². The minimum atomic E-state index is -1.21. The largest absolute Gasteiger partial charge is 0.448 e. The summed E-state index contributed by atoms with van der Waals surface area (Å²) < 4.78 is 9.79. The van der Waals surface area contributed by atoms with Gasteiger partial charge in [0.2, 0.25) is 0 Å².